The largest absolute Gasteiger partial charge is 0.416 e. The third kappa shape index (κ3) is 7.67. The molecule has 1 aliphatic rings. The van der Waals surface area contributed by atoms with Gasteiger partial charge in [-0.2, -0.15) is 13.2 Å². The van der Waals surface area contributed by atoms with Crippen LogP contribution < -0.4 is 11.1 Å². The number of amides is 4. The third-order valence-electron chi connectivity index (χ3n) is 5.76. The molecule has 0 aliphatic carbocycles. The minimum Gasteiger partial charge on any atom is -0.370 e. The fraction of sp³-hybridized carbons (Fsp3) is 0.565. The van der Waals surface area contributed by atoms with Crippen LogP contribution in [0.2, 0.25) is 0 Å². The van der Waals surface area contributed by atoms with Gasteiger partial charge in [0.25, 0.3) is 5.91 Å². The van der Waals surface area contributed by atoms with Crippen LogP contribution in [0.4, 0.5) is 13.2 Å². The van der Waals surface area contributed by atoms with Crippen LogP contribution in [0.1, 0.15) is 62.4 Å². The number of benzene rings is 1. The summed E-state index contributed by atoms with van der Waals surface area (Å²) in [6, 6.07) is 2.40. The zero-order valence-corrected chi connectivity index (χ0v) is 19.9. The first-order valence-corrected chi connectivity index (χ1v) is 11.2. The van der Waals surface area contributed by atoms with Gasteiger partial charge < -0.3 is 16.0 Å². The molecule has 1 heterocycles. The van der Waals surface area contributed by atoms with Crippen molar-refractivity contribution < 1.29 is 37.6 Å². The van der Waals surface area contributed by atoms with E-state index in [9.17, 15) is 37.6 Å². The number of piperidine rings is 1. The topological polar surface area (TPSA) is 133 Å². The summed E-state index contributed by atoms with van der Waals surface area (Å²) in [6.45, 7) is 5.56. The molecule has 1 atom stereocenters. The van der Waals surface area contributed by atoms with E-state index in [4.69, 9.17) is 5.73 Å². The summed E-state index contributed by atoms with van der Waals surface area (Å²) < 4.78 is 38.1. The minimum absolute atomic E-state index is 0.0923. The van der Waals surface area contributed by atoms with Crippen molar-refractivity contribution in [2.24, 2.45) is 11.1 Å². The Labute approximate surface area is 201 Å². The molecule has 35 heavy (non-hydrogen) atoms. The van der Waals surface area contributed by atoms with E-state index in [1.165, 1.54) is 4.90 Å². The molecule has 4 N–H and O–H groups in total. The predicted octanol–water partition coefficient (Wildman–Crippen LogP) is 2.32. The van der Waals surface area contributed by atoms with E-state index in [1.807, 2.05) is 0 Å². The van der Waals surface area contributed by atoms with Gasteiger partial charge in [-0.25, -0.2) is 5.06 Å². The number of carbonyl (C=O) groups is 4. The van der Waals surface area contributed by atoms with Crippen LogP contribution in [-0.4, -0.2) is 64.0 Å². The van der Waals surface area contributed by atoms with E-state index in [0.717, 1.165) is 24.3 Å². The molecule has 2 rings (SSSR count). The van der Waals surface area contributed by atoms with Gasteiger partial charge in [-0.3, -0.25) is 24.4 Å². The standard InChI is InChI=1S/C23H31F3N4O5/c1-22(2,3)19(30(35)18(32)9-8-17(27)31)21(34)29-12-10-16(11-13-29)28-20(33)14-4-6-15(7-5-14)23(24,25)26/h4-7,16,19,35H,8-13H2,1-3H3,(H2,27,31)(H,28,33)/t19-/m1/s1. The number of primary amides is 1. The number of carbonyl (C=O) groups excluding carboxylic acids is 4. The van der Waals surface area contributed by atoms with Crippen molar-refractivity contribution >= 4 is 23.6 Å². The van der Waals surface area contributed by atoms with E-state index >= 15 is 0 Å². The number of nitrogens with zero attached hydrogens (tertiary/aromatic N) is 2. The van der Waals surface area contributed by atoms with E-state index in [1.54, 1.807) is 20.8 Å². The molecule has 1 aromatic carbocycles. The lowest BCUT2D eigenvalue weighted by Gasteiger charge is -2.40. The number of halogens is 3. The zero-order chi connectivity index (χ0) is 26.6. The van der Waals surface area contributed by atoms with Crippen LogP contribution >= 0.6 is 0 Å². The average molecular weight is 501 g/mol. The molecule has 0 aromatic heterocycles. The van der Waals surface area contributed by atoms with Crippen molar-refractivity contribution in [1.82, 2.24) is 15.3 Å². The van der Waals surface area contributed by atoms with Crippen LogP contribution in [0.5, 0.6) is 0 Å². The molecule has 0 unspecified atom stereocenters. The van der Waals surface area contributed by atoms with Crippen molar-refractivity contribution in [2.75, 3.05) is 13.1 Å². The number of hydrogen-bond acceptors (Lipinski definition) is 5. The second-order valence-corrected chi connectivity index (χ2v) is 9.62. The molecule has 12 heteroatoms. The molecule has 1 saturated heterocycles. The van der Waals surface area contributed by atoms with Gasteiger partial charge in [0, 0.05) is 37.5 Å². The van der Waals surface area contributed by atoms with Crippen LogP contribution in [0, 0.1) is 5.41 Å². The second-order valence-electron chi connectivity index (χ2n) is 9.62. The van der Waals surface area contributed by atoms with Crippen LogP contribution in [0.25, 0.3) is 0 Å². The number of hydroxylamine groups is 2. The van der Waals surface area contributed by atoms with Gasteiger partial charge in [-0.1, -0.05) is 20.8 Å². The number of alkyl halides is 3. The lowest BCUT2D eigenvalue weighted by Crippen LogP contribution is -2.57. The Bertz CT molecular complexity index is 936. The van der Waals surface area contributed by atoms with Crippen molar-refractivity contribution in [2.45, 2.75) is 64.7 Å². The first kappa shape index (κ1) is 28.1. The summed E-state index contributed by atoms with van der Waals surface area (Å²) in [6.07, 6.45) is -4.31. The highest BCUT2D eigenvalue weighted by atomic mass is 19.4. The molecule has 4 amide bonds. The zero-order valence-electron chi connectivity index (χ0n) is 19.9. The Kier molecular flexibility index (Phi) is 8.88. The summed E-state index contributed by atoms with van der Waals surface area (Å²) in [5.74, 6) is -2.49. The average Bonchev–Trinajstić information content (AvgIpc) is 2.76. The number of likely N-dealkylation sites (tertiary alicyclic amines) is 1. The molecule has 0 spiro atoms. The maximum absolute atomic E-state index is 13.2. The van der Waals surface area contributed by atoms with E-state index in [0.29, 0.717) is 17.9 Å². The van der Waals surface area contributed by atoms with Gasteiger partial charge in [0.15, 0.2) is 0 Å². The molecule has 0 bridgehead atoms. The molecule has 9 nitrogen and oxygen atoms in total. The van der Waals surface area contributed by atoms with Crippen molar-refractivity contribution in [3.05, 3.63) is 35.4 Å². The molecule has 0 radical (unpaired) electrons. The molecular formula is C23H31F3N4O5. The maximum Gasteiger partial charge on any atom is 0.416 e. The molecule has 194 valence electrons. The van der Waals surface area contributed by atoms with Crippen molar-refractivity contribution in [3.8, 4) is 0 Å². The summed E-state index contributed by atoms with van der Waals surface area (Å²) in [7, 11) is 0. The van der Waals surface area contributed by atoms with Crippen LogP contribution in [-0.2, 0) is 20.6 Å². The van der Waals surface area contributed by atoms with Crippen LogP contribution in [0.15, 0.2) is 24.3 Å². The highest BCUT2D eigenvalue weighted by molar-refractivity contribution is 5.94. The molecule has 1 fully saturated rings. The van der Waals surface area contributed by atoms with E-state index in [2.05, 4.69) is 5.32 Å². The number of nitrogens with one attached hydrogen (secondary N) is 1. The smallest absolute Gasteiger partial charge is 0.370 e. The fourth-order valence-electron chi connectivity index (χ4n) is 3.83. The molecule has 0 saturated carbocycles. The van der Waals surface area contributed by atoms with Gasteiger partial charge in [0.05, 0.1) is 5.56 Å². The fourth-order valence-corrected chi connectivity index (χ4v) is 3.83. The third-order valence-corrected chi connectivity index (χ3v) is 5.76. The summed E-state index contributed by atoms with van der Waals surface area (Å²) in [5.41, 5.74) is 3.47. The normalized spacial score (nSPS) is 15.9. The highest BCUT2D eigenvalue weighted by Crippen LogP contribution is 2.29. The summed E-state index contributed by atoms with van der Waals surface area (Å²) >= 11 is 0. The number of rotatable bonds is 7. The minimum atomic E-state index is -4.49. The SMILES string of the molecule is CC(C)(C)[C@@H](C(=O)N1CCC(NC(=O)c2ccc(C(F)(F)F)cc2)CC1)N(O)C(=O)CCC(N)=O. The van der Waals surface area contributed by atoms with Gasteiger partial charge in [0.2, 0.25) is 17.7 Å². The first-order valence-electron chi connectivity index (χ1n) is 11.2. The van der Waals surface area contributed by atoms with Gasteiger partial charge in [0.1, 0.15) is 6.04 Å². The Morgan fingerprint density at radius 3 is 2.09 bits per heavy atom. The Hall–Kier alpha value is -3.15. The Morgan fingerprint density at radius 2 is 1.63 bits per heavy atom. The summed E-state index contributed by atoms with van der Waals surface area (Å²) in [4.78, 5) is 50.3. The van der Waals surface area contributed by atoms with E-state index in [-0.39, 0.29) is 37.5 Å². The number of hydrogen-bond donors (Lipinski definition) is 3. The van der Waals surface area contributed by atoms with Gasteiger partial charge in [-0.15, -0.1) is 0 Å². The second kappa shape index (κ2) is 11.1. The van der Waals surface area contributed by atoms with Gasteiger partial charge >= 0.3 is 6.18 Å². The van der Waals surface area contributed by atoms with Crippen LogP contribution in [0.3, 0.4) is 0 Å². The quantitative estimate of drug-likeness (QED) is 0.390. The monoisotopic (exact) mass is 500 g/mol. The van der Waals surface area contributed by atoms with Crippen molar-refractivity contribution in [1.29, 1.82) is 0 Å². The van der Waals surface area contributed by atoms with E-state index < -0.39 is 46.8 Å². The summed E-state index contributed by atoms with van der Waals surface area (Å²) in [5, 5.41) is 13.6. The first-order chi connectivity index (χ1) is 16.1. The molecule has 1 aromatic rings. The highest BCUT2D eigenvalue weighted by Gasteiger charge is 2.42. The maximum atomic E-state index is 13.2. The predicted molar refractivity (Wildman–Crippen MR) is 119 cm³/mol. The van der Waals surface area contributed by atoms with Crippen molar-refractivity contribution in [3.63, 3.8) is 0 Å². The Morgan fingerprint density at radius 1 is 1.09 bits per heavy atom. The molecular weight excluding hydrogens is 469 g/mol. The number of nitrogens with two attached hydrogens (primary N) is 1. The molecule has 1 aliphatic heterocycles. The van der Waals surface area contributed by atoms with Gasteiger partial charge in [-0.05, 0) is 42.5 Å². The Balaban J connectivity index is 1.98. The lowest BCUT2D eigenvalue weighted by atomic mass is 9.84. The lowest BCUT2D eigenvalue weighted by molar-refractivity contribution is -0.193.